The fraction of sp³-hybridized carbons (Fsp3) is 0.923. The van der Waals surface area contributed by atoms with Crippen molar-refractivity contribution in [2.45, 2.75) is 84.5 Å². The Morgan fingerprint density at radius 3 is 2.50 bits per heavy atom. The van der Waals surface area contributed by atoms with Crippen LogP contribution in [-0.4, -0.2) is 0 Å². The van der Waals surface area contributed by atoms with E-state index in [2.05, 4.69) is 20.4 Å². The summed E-state index contributed by atoms with van der Waals surface area (Å²) in [5.74, 6) is 8.98. The fourth-order valence-corrected chi connectivity index (χ4v) is 11.3. The van der Waals surface area contributed by atoms with Crippen LogP contribution in [0.2, 0.25) is 0 Å². The highest BCUT2D eigenvalue weighted by Crippen LogP contribution is 2.86. The van der Waals surface area contributed by atoms with Gasteiger partial charge >= 0.3 is 0 Å². The van der Waals surface area contributed by atoms with Crippen molar-refractivity contribution in [1.29, 1.82) is 0 Å². The predicted molar refractivity (Wildman–Crippen MR) is 106 cm³/mol. The molecule has 7 fully saturated rings. The fourth-order valence-electron chi connectivity index (χ4n) is 11.3. The van der Waals surface area contributed by atoms with Crippen LogP contribution in [0, 0.1) is 63.6 Å². The van der Waals surface area contributed by atoms with Gasteiger partial charge in [0.05, 0.1) is 0 Å². The largest absolute Gasteiger partial charge is 0.0998 e. The Hall–Kier alpha value is -0.260. The third kappa shape index (κ3) is 1.52. The molecule has 7 rings (SSSR count). The molecule has 142 valence electrons. The first-order chi connectivity index (χ1) is 12.5. The third-order valence-electron chi connectivity index (χ3n) is 12.3. The zero-order valence-electron chi connectivity index (χ0n) is 17.1. The van der Waals surface area contributed by atoms with E-state index in [1.54, 1.807) is 50.5 Å². The van der Waals surface area contributed by atoms with Gasteiger partial charge in [-0.15, -0.1) is 0 Å². The molecule has 0 heterocycles. The summed E-state index contributed by atoms with van der Waals surface area (Å²) < 4.78 is 0. The van der Waals surface area contributed by atoms with E-state index in [4.69, 9.17) is 0 Å². The molecule has 0 N–H and O–H groups in total. The van der Waals surface area contributed by atoms with E-state index in [1.165, 1.54) is 25.7 Å². The van der Waals surface area contributed by atoms with Crippen LogP contribution in [0.4, 0.5) is 0 Å². The second-order valence-corrected chi connectivity index (χ2v) is 12.7. The van der Waals surface area contributed by atoms with Crippen LogP contribution in [0.1, 0.15) is 84.5 Å². The molecule has 0 aromatic carbocycles. The molecule has 0 radical (unpaired) electrons. The molecule has 0 nitrogen and oxygen atoms in total. The first-order valence-electron chi connectivity index (χ1n) is 12.2. The van der Waals surface area contributed by atoms with Gasteiger partial charge in [0.2, 0.25) is 0 Å². The third-order valence-corrected chi connectivity index (χ3v) is 12.3. The maximum Gasteiger partial charge on any atom is -0.0170 e. The lowest BCUT2D eigenvalue weighted by molar-refractivity contribution is -0.109. The van der Waals surface area contributed by atoms with Gasteiger partial charge in [0.15, 0.2) is 0 Å². The lowest BCUT2D eigenvalue weighted by Gasteiger charge is -2.59. The Bertz CT molecular complexity index is 690. The van der Waals surface area contributed by atoms with Crippen molar-refractivity contribution in [2.75, 3.05) is 0 Å². The number of hydrogen-bond acceptors (Lipinski definition) is 0. The molecule has 0 amide bonds. The van der Waals surface area contributed by atoms with Crippen molar-refractivity contribution in [3.05, 3.63) is 12.2 Å². The zero-order valence-corrected chi connectivity index (χ0v) is 17.1. The van der Waals surface area contributed by atoms with Crippen LogP contribution >= 0.6 is 0 Å². The molecule has 1 spiro atoms. The topological polar surface area (TPSA) is 0 Å². The van der Waals surface area contributed by atoms with Gasteiger partial charge in [-0.3, -0.25) is 0 Å². The minimum atomic E-state index is 0.694. The minimum Gasteiger partial charge on any atom is -0.0998 e. The highest BCUT2D eigenvalue weighted by atomic mass is 14.8. The number of allylic oxidation sites excluding steroid dienone is 1. The highest BCUT2D eigenvalue weighted by molar-refractivity contribution is 5.31. The van der Waals surface area contributed by atoms with Crippen molar-refractivity contribution < 1.29 is 0 Å². The van der Waals surface area contributed by atoms with Crippen LogP contribution in [0.5, 0.6) is 0 Å². The van der Waals surface area contributed by atoms with Gasteiger partial charge in [-0.25, -0.2) is 0 Å². The van der Waals surface area contributed by atoms with Gasteiger partial charge in [-0.1, -0.05) is 38.8 Å². The Morgan fingerprint density at radius 1 is 0.846 bits per heavy atom. The van der Waals surface area contributed by atoms with Crippen molar-refractivity contribution in [3.8, 4) is 0 Å². The van der Waals surface area contributed by atoms with Crippen molar-refractivity contribution in [1.82, 2.24) is 0 Å². The molecule has 7 aliphatic carbocycles. The van der Waals surface area contributed by atoms with Gasteiger partial charge in [-0.2, -0.15) is 0 Å². The quantitative estimate of drug-likeness (QED) is 0.419. The summed E-state index contributed by atoms with van der Waals surface area (Å²) in [6.07, 6.45) is 16.9. The van der Waals surface area contributed by atoms with Gasteiger partial charge in [-0.05, 0) is 121 Å². The summed E-state index contributed by atoms with van der Waals surface area (Å²) in [7, 11) is 0. The van der Waals surface area contributed by atoms with Crippen LogP contribution in [0.15, 0.2) is 12.2 Å². The molecule has 0 aromatic heterocycles. The Balaban J connectivity index is 1.30. The lowest BCUT2D eigenvalue weighted by atomic mass is 9.45. The minimum absolute atomic E-state index is 0.694. The van der Waals surface area contributed by atoms with E-state index in [-0.39, 0.29) is 0 Å². The standard InChI is InChI=1S/C26H38/c1-15-9-11-26(13-15)20-8-7-19-22(23(20)21-14-25(21,26)3)17-12-16(17)18-6-4-5-10-24(18,19)2/h16-23H,1,4-14H2,2-3H3/t16?,17?,18?,19?,20?,21?,22?,23?,24-,25?,26?/m0/s1. The lowest BCUT2D eigenvalue weighted by Crippen LogP contribution is -2.53. The van der Waals surface area contributed by atoms with E-state index in [1.807, 2.05) is 0 Å². The molecule has 0 heteroatoms. The van der Waals surface area contributed by atoms with E-state index in [0.29, 0.717) is 10.8 Å². The molecular formula is C26H38. The summed E-state index contributed by atoms with van der Waals surface area (Å²) in [5.41, 5.74) is 3.74. The highest BCUT2D eigenvalue weighted by Gasteiger charge is 2.79. The summed E-state index contributed by atoms with van der Waals surface area (Å²) >= 11 is 0. The molecule has 7 aliphatic rings. The van der Waals surface area contributed by atoms with Crippen molar-refractivity contribution in [3.63, 3.8) is 0 Å². The first kappa shape index (κ1) is 15.6. The predicted octanol–water partition coefficient (Wildman–Crippen LogP) is 6.86. The Morgan fingerprint density at radius 2 is 1.69 bits per heavy atom. The van der Waals surface area contributed by atoms with Crippen molar-refractivity contribution >= 4 is 0 Å². The number of hydrogen-bond donors (Lipinski definition) is 0. The Kier molecular flexibility index (Phi) is 2.70. The maximum atomic E-state index is 4.46. The second kappa shape index (κ2) is 4.49. The van der Waals surface area contributed by atoms with Gasteiger partial charge < -0.3 is 0 Å². The summed E-state index contributed by atoms with van der Waals surface area (Å²) in [6.45, 7) is 9.96. The monoisotopic (exact) mass is 350 g/mol. The molecule has 0 saturated heterocycles. The Labute approximate surface area is 160 Å². The van der Waals surface area contributed by atoms with Crippen molar-refractivity contribution in [2.24, 2.45) is 63.6 Å². The molecule has 0 bridgehead atoms. The van der Waals surface area contributed by atoms with Crippen LogP contribution in [0.25, 0.3) is 0 Å². The van der Waals surface area contributed by atoms with Crippen LogP contribution in [-0.2, 0) is 0 Å². The molecule has 11 atom stereocenters. The van der Waals surface area contributed by atoms with Crippen LogP contribution < -0.4 is 0 Å². The SMILES string of the molecule is C=C1CCC2(C1)C1CCC3C(C4CC4C4CCCC[C@@]43C)C1C1CC12C. The zero-order chi connectivity index (χ0) is 17.5. The smallest absolute Gasteiger partial charge is 0.0170 e. The molecule has 26 heavy (non-hydrogen) atoms. The van der Waals surface area contributed by atoms with E-state index < -0.39 is 0 Å². The number of fused-ring (bicyclic) bond motifs is 12. The number of rotatable bonds is 0. The van der Waals surface area contributed by atoms with Gasteiger partial charge in [0.1, 0.15) is 0 Å². The van der Waals surface area contributed by atoms with E-state index >= 15 is 0 Å². The molecular weight excluding hydrogens is 312 g/mol. The molecule has 0 aromatic rings. The maximum absolute atomic E-state index is 4.46. The first-order valence-corrected chi connectivity index (χ1v) is 12.2. The van der Waals surface area contributed by atoms with Gasteiger partial charge in [0, 0.05) is 0 Å². The molecule has 10 unspecified atom stereocenters. The van der Waals surface area contributed by atoms with Gasteiger partial charge in [0.25, 0.3) is 0 Å². The normalized spacial score (nSPS) is 67.2. The summed E-state index contributed by atoms with van der Waals surface area (Å²) in [5, 5.41) is 0. The summed E-state index contributed by atoms with van der Waals surface area (Å²) in [6, 6.07) is 0. The van der Waals surface area contributed by atoms with E-state index in [9.17, 15) is 0 Å². The van der Waals surface area contributed by atoms with Crippen LogP contribution in [0.3, 0.4) is 0 Å². The molecule has 7 saturated carbocycles. The second-order valence-electron chi connectivity index (χ2n) is 12.7. The summed E-state index contributed by atoms with van der Waals surface area (Å²) in [4.78, 5) is 0. The average Bonchev–Trinajstić information content (AvgIpc) is 3.50. The average molecular weight is 351 g/mol. The van der Waals surface area contributed by atoms with E-state index in [0.717, 1.165) is 52.8 Å². The molecule has 0 aliphatic heterocycles.